The predicted molar refractivity (Wildman–Crippen MR) is 67.8 cm³/mol. The number of halogens is 1. The van der Waals surface area contributed by atoms with E-state index in [1.54, 1.807) is 13.1 Å². The third kappa shape index (κ3) is 2.00. The number of carbonyl (C=O) groups is 1. The standard InChI is InChI=1S/C12H14ClN3O/c1-12(8-5-3-4-6-9(8)13)7-10(17)16(2)11(14)15-12/h3-6H,7H2,1-2H3,(H2,14,15)/t12-/m0/s1. The van der Waals surface area contributed by atoms with Crippen LogP contribution in [-0.2, 0) is 10.3 Å². The molecule has 90 valence electrons. The molecule has 1 aromatic rings. The monoisotopic (exact) mass is 251 g/mol. The summed E-state index contributed by atoms with van der Waals surface area (Å²) < 4.78 is 0. The van der Waals surface area contributed by atoms with Crippen LogP contribution in [0.4, 0.5) is 0 Å². The van der Waals surface area contributed by atoms with Crippen molar-refractivity contribution in [2.24, 2.45) is 10.7 Å². The lowest BCUT2D eigenvalue weighted by molar-refractivity contribution is -0.128. The molecule has 0 fully saturated rings. The van der Waals surface area contributed by atoms with Crippen molar-refractivity contribution >= 4 is 23.5 Å². The fourth-order valence-electron chi connectivity index (χ4n) is 1.96. The first-order valence-corrected chi connectivity index (χ1v) is 5.69. The van der Waals surface area contributed by atoms with Gasteiger partial charge in [-0.05, 0) is 18.6 Å². The Bertz CT molecular complexity index is 500. The van der Waals surface area contributed by atoms with Gasteiger partial charge in [-0.15, -0.1) is 0 Å². The van der Waals surface area contributed by atoms with Crippen LogP contribution in [0.25, 0.3) is 0 Å². The van der Waals surface area contributed by atoms with Gasteiger partial charge in [-0.1, -0.05) is 29.8 Å². The molecule has 1 atom stereocenters. The van der Waals surface area contributed by atoms with Gasteiger partial charge in [0.1, 0.15) is 0 Å². The van der Waals surface area contributed by atoms with Crippen molar-refractivity contribution < 1.29 is 4.79 Å². The van der Waals surface area contributed by atoms with Gasteiger partial charge in [0, 0.05) is 12.1 Å². The van der Waals surface area contributed by atoms with Crippen LogP contribution in [0.3, 0.4) is 0 Å². The Labute approximate surface area is 105 Å². The molecule has 1 aliphatic heterocycles. The molecule has 1 aromatic carbocycles. The molecule has 1 heterocycles. The molecule has 1 amide bonds. The van der Waals surface area contributed by atoms with Crippen molar-refractivity contribution in [3.05, 3.63) is 34.9 Å². The number of nitrogens with zero attached hydrogens (tertiary/aromatic N) is 2. The van der Waals surface area contributed by atoms with E-state index in [4.69, 9.17) is 17.3 Å². The third-order valence-electron chi connectivity index (χ3n) is 3.03. The van der Waals surface area contributed by atoms with E-state index in [0.717, 1.165) is 5.56 Å². The van der Waals surface area contributed by atoms with Crippen molar-refractivity contribution in [1.82, 2.24) is 4.90 Å². The van der Waals surface area contributed by atoms with Gasteiger partial charge >= 0.3 is 0 Å². The molecular weight excluding hydrogens is 238 g/mol. The number of hydrogen-bond donors (Lipinski definition) is 1. The molecule has 1 aliphatic rings. The van der Waals surface area contributed by atoms with Gasteiger partial charge in [0.15, 0.2) is 5.96 Å². The van der Waals surface area contributed by atoms with Crippen molar-refractivity contribution in [2.75, 3.05) is 7.05 Å². The van der Waals surface area contributed by atoms with Gasteiger partial charge < -0.3 is 5.73 Å². The fourth-order valence-corrected chi connectivity index (χ4v) is 2.30. The van der Waals surface area contributed by atoms with E-state index in [9.17, 15) is 4.79 Å². The van der Waals surface area contributed by atoms with Gasteiger partial charge in [-0.25, -0.2) is 4.99 Å². The summed E-state index contributed by atoms with van der Waals surface area (Å²) in [5.74, 6) is 0.170. The quantitative estimate of drug-likeness (QED) is 0.826. The zero-order valence-corrected chi connectivity index (χ0v) is 10.5. The number of nitrogens with two attached hydrogens (primary N) is 1. The summed E-state index contributed by atoms with van der Waals surface area (Å²) in [6.07, 6.45) is 0.272. The minimum absolute atomic E-state index is 0.0556. The van der Waals surface area contributed by atoms with Gasteiger partial charge in [-0.3, -0.25) is 9.69 Å². The van der Waals surface area contributed by atoms with E-state index in [1.165, 1.54) is 4.90 Å². The highest BCUT2D eigenvalue weighted by Gasteiger charge is 2.37. The maximum absolute atomic E-state index is 11.8. The molecule has 0 bridgehead atoms. The van der Waals surface area contributed by atoms with Crippen molar-refractivity contribution in [3.8, 4) is 0 Å². The van der Waals surface area contributed by atoms with Crippen LogP contribution in [0, 0.1) is 0 Å². The van der Waals surface area contributed by atoms with Crippen LogP contribution in [0.2, 0.25) is 5.02 Å². The number of guanidine groups is 1. The highest BCUT2D eigenvalue weighted by Crippen LogP contribution is 2.36. The minimum Gasteiger partial charge on any atom is -0.369 e. The highest BCUT2D eigenvalue weighted by molar-refractivity contribution is 6.31. The molecular formula is C12H14ClN3O. The van der Waals surface area contributed by atoms with Gasteiger partial charge in [-0.2, -0.15) is 0 Å². The van der Waals surface area contributed by atoms with Crippen LogP contribution >= 0.6 is 11.6 Å². The number of hydrogen-bond acceptors (Lipinski definition) is 3. The summed E-state index contributed by atoms with van der Waals surface area (Å²) >= 11 is 6.14. The Morgan fingerprint density at radius 3 is 2.71 bits per heavy atom. The maximum Gasteiger partial charge on any atom is 0.231 e. The Morgan fingerprint density at radius 1 is 1.47 bits per heavy atom. The second kappa shape index (κ2) is 4.04. The van der Waals surface area contributed by atoms with Gasteiger partial charge in [0.05, 0.1) is 12.0 Å². The predicted octanol–water partition coefficient (Wildman–Crippen LogP) is 1.73. The Morgan fingerprint density at radius 2 is 2.12 bits per heavy atom. The molecule has 0 saturated carbocycles. The molecule has 17 heavy (non-hydrogen) atoms. The van der Waals surface area contributed by atoms with Gasteiger partial charge in [0.2, 0.25) is 5.91 Å². The first kappa shape index (κ1) is 11.9. The molecule has 0 spiro atoms. The normalized spacial score (nSPS) is 24.8. The summed E-state index contributed by atoms with van der Waals surface area (Å²) in [4.78, 5) is 17.6. The van der Waals surface area contributed by atoms with Crippen LogP contribution in [0.1, 0.15) is 18.9 Å². The maximum atomic E-state index is 11.8. The number of carbonyl (C=O) groups excluding carboxylic acids is 1. The van der Waals surface area contributed by atoms with Crippen molar-refractivity contribution in [3.63, 3.8) is 0 Å². The Kier molecular flexibility index (Phi) is 2.83. The average Bonchev–Trinajstić information content (AvgIpc) is 2.26. The number of aliphatic imine (C=N–C) groups is 1. The summed E-state index contributed by atoms with van der Waals surface area (Å²) in [6.45, 7) is 1.87. The fraction of sp³-hybridized carbons (Fsp3) is 0.333. The smallest absolute Gasteiger partial charge is 0.231 e. The molecule has 2 N–H and O–H groups in total. The average molecular weight is 252 g/mol. The highest BCUT2D eigenvalue weighted by atomic mass is 35.5. The molecule has 0 saturated heterocycles. The summed E-state index contributed by atoms with van der Waals surface area (Å²) in [6, 6.07) is 7.38. The van der Waals surface area contributed by atoms with Gasteiger partial charge in [0.25, 0.3) is 0 Å². The third-order valence-corrected chi connectivity index (χ3v) is 3.36. The SMILES string of the molecule is CN1C(=O)C[C@@](C)(c2ccccc2Cl)N=C1N. The molecule has 2 rings (SSSR count). The molecule has 0 unspecified atom stereocenters. The zero-order chi connectivity index (χ0) is 12.6. The van der Waals surface area contributed by atoms with E-state index < -0.39 is 5.54 Å². The first-order chi connectivity index (χ1) is 7.94. The van der Waals surface area contributed by atoms with Crippen molar-refractivity contribution in [1.29, 1.82) is 0 Å². The molecule has 0 radical (unpaired) electrons. The molecule has 0 aromatic heterocycles. The van der Waals surface area contributed by atoms with E-state index in [1.807, 2.05) is 25.1 Å². The van der Waals surface area contributed by atoms with Crippen molar-refractivity contribution in [2.45, 2.75) is 18.9 Å². The van der Waals surface area contributed by atoms with E-state index in [2.05, 4.69) is 4.99 Å². The Balaban J connectivity index is 2.51. The largest absolute Gasteiger partial charge is 0.369 e. The second-order valence-electron chi connectivity index (χ2n) is 4.35. The summed E-state index contributed by atoms with van der Waals surface area (Å²) in [5.41, 5.74) is 5.89. The Hall–Kier alpha value is -1.55. The number of benzene rings is 1. The van der Waals surface area contributed by atoms with E-state index in [0.29, 0.717) is 5.02 Å². The second-order valence-corrected chi connectivity index (χ2v) is 4.76. The topological polar surface area (TPSA) is 58.7 Å². The number of amides is 1. The number of rotatable bonds is 1. The molecule has 4 nitrogen and oxygen atoms in total. The van der Waals surface area contributed by atoms with Crippen LogP contribution in [0.15, 0.2) is 29.3 Å². The lowest BCUT2D eigenvalue weighted by Crippen LogP contribution is -2.47. The summed E-state index contributed by atoms with van der Waals surface area (Å²) in [7, 11) is 1.62. The van der Waals surface area contributed by atoms with Crippen LogP contribution < -0.4 is 5.73 Å². The summed E-state index contributed by atoms with van der Waals surface area (Å²) in [5, 5.41) is 0.601. The molecule has 5 heteroatoms. The minimum atomic E-state index is -0.675. The first-order valence-electron chi connectivity index (χ1n) is 5.31. The zero-order valence-electron chi connectivity index (χ0n) is 9.77. The van der Waals surface area contributed by atoms with Crippen LogP contribution in [0.5, 0.6) is 0 Å². The van der Waals surface area contributed by atoms with E-state index in [-0.39, 0.29) is 18.3 Å². The molecule has 0 aliphatic carbocycles. The lowest BCUT2D eigenvalue weighted by Gasteiger charge is -2.34. The van der Waals surface area contributed by atoms with E-state index >= 15 is 0 Å². The lowest BCUT2D eigenvalue weighted by atomic mass is 9.87. The van der Waals surface area contributed by atoms with Crippen LogP contribution in [-0.4, -0.2) is 23.8 Å².